The zero-order valence-electron chi connectivity index (χ0n) is 30.4. The van der Waals surface area contributed by atoms with Crippen LogP contribution in [0.3, 0.4) is 0 Å². The fourth-order valence-corrected chi connectivity index (χ4v) is 6.06. The highest BCUT2D eigenvalue weighted by Crippen LogP contribution is 2.40. The van der Waals surface area contributed by atoms with Crippen molar-refractivity contribution >= 4 is 23.6 Å². The standard InChI is InChI=1S/C38H58N6O6/c1-5-6-7-8-9-10-11-12-13-34(45)41-25-35(46)44(4)36-29-15-17-33(50-21-19-40)31(24-29)30-23-28(14-16-32(30)49-20-18-39)22-26(2)42-37(47)27(3)43-38(36)48/h14-17,23-24,26-27,36H,5-13,18-22,25,39-40H2,1-4H3,(H,41,45)(H,42,47)(H,43,48)/t26?,27-,36?/m0/s1. The lowest BCUT2D eigenvalue weighted by atomic mass is 9.94. The SMILES string of the molecule is CCCCCCCCCCC(=O)NCC(=O)N(C)C1C(=O)N[C@@H](C)C(=O)NC(C)Cc2ccc(OCCN)c(c2)-c2cc1ccc2OCCN. The minimum absolute atomic E-state index is 0.207. The highest BCUT2D eigenvalue weighted by Gasteiger charge is 2.32. The highest BCUT2D eigenvalue weighted by atomic mass is 16.5. The van der Waals surface area contributed by atoms with E-state index in [1.165, 1.54) is 44.1 Å². The largest absolute Gasteiger partial charge is 0.492 e. The molecule has 2 aromatic carbocycles. The topological polar surface area (TPSA) is 178 Å². The fraction of sp³-hybridized carbons (Fsp3) is 0.579. The van der Waals surface area contributed by atoms with Gasteiger partial charge in [0.15, 0.2) is 0 Å². The maximum atomic E-state index is 14.0. The van der Waals surface area contributed by atoms with Gasteiger partial charge in [0.1, 0.15) is 36.8 Å². The van der Waals surface area contributed by atoms with Crippen LogP contribution < -0.4 is 36.9 Å². The first-order valence-electron chi connectivity index (χ1n) is 18.2. The normalized spacial score (nSPS) is 17.6. The van der Waals surface area contributed by atoms with Crippen LogP contribution in [0.5, 0.6) is 11.5 Å². The Morgan fingerprint density at radius 1 is 0.840 bits per heavy atom. The third-order valence-corrected chi connectivity index (χ3v) is 8.81. The van der Waals surface area contributed by atoms with Crippen LogP contribution in [0.4, 0.5) is 0 Å². The number of rotatable bonds is 18. The summed E-state index contributed by atoms with van der Waals surface area (Å²) in [7, 11) is 1.52. The van der Waals surface area contributed by atoms with E-state index in [0.717, 1.165) is 24.8 Å². The molecule has 0 saturated carbocycles. The van der Waals surface area contributed by atoms with Gasteiger partial charge in [0.25, 0.3) is 0 Å². The van der Waals surface area contributed by atoms with Gasteiger partial charge in [-0.2, -0.15) is 0 Å². The molecule has 0 fully saturated rings. The average Bonchev–Trinajstić information content (AvgIpc) is 3.09. The third kappa shape index (κ3) is 12.3. The van der Waals surface area contributed by atoms with Crippen LogP contribution >= 0.6 is 0 Å². The molecule has 1 aliphatic rings. The molecule has 0 spiro atoms. The van der Waals surface area contributed by atoms with Crippen molar-refractivity contribution in [3.63, 3.8) is 0 Å². The molecular formula is C38H58N6O6. The Morgan fingerprint density at radius 3 is 2.08 bits per heavy atom. The molecule has 50 heavy (non-hydrogen) atoms. The number of hydrogen-bond donors (Lipinski definition) is 5. The van der Waals surface area contributed by atoms with Crippen molar-refractivity contribution in [3.8, 4) is 22.6 Å². The molecule has 12 heteroatoms. The first-order chi connectivity index (χ1) is 24.1. The van der Waals surface area contributed by atoms with E-state index in [2.05, 4.69) is 22.9 Å². The summed E-state index contributed by atoms with van der Waals surface area (Å²) in [4.78, 5) is 54.6. The number of carbonyl (C=O) groups is 4. The van der Waals surface area contributed by atoms with Crippen molar-refractivity contribution in [2.75, 3.05) is 39.9 Å². The number of carbonyl (C=O) groups excluding carboxylic acids is 4. The molecule has 2 aromatic rings. The lowest BCUT2D eigenvalue weighted by molar-refractivity contribution is -0.140. The molecule has 0 radical (unpaired) electrons. The number of nitrogens with one attached hydrogen (secondary N) is 3. The van der Waals surface area contributed by atoms with Crippen molar-refractivity contribution in [1.82, 2.24) is 20.9 Å². The number of nitrogens with two attached hydrogens (primary N) is 2. The zero-order chi connectivity index (χ0) is 36.5. The minimum Gasteiger partial charge on any atom is -0.492 e. The van der Waals surface area contributed by atoms with Crippen LogP contribution in [0.15, 0.2) is 36.4 Å². The first kappa shape index (κ1) is 40.3. The second-order valence-electron chi connectivity index (χ2n) is 13.1. The van der Waals surface area contributed by atoms with Gasteiger partial charge in [-0.25, -0.2) is 0 Å². The van der Waals surface area contributed by atoms with Gasteiger partial charge < -0.3 is 41.8 Å². The smallest absolute Gasteiger partial charge is 0.248 e. The monoisotopic (exact) mass is 694 g/mol. The Bertz CT molecular complexity index is 1420. The molecule has 1 aliphatic heterocycles. The fourth-order valence-electron chi connectivity index (χ4n) is 6.06. The molecule has 3 atom stereocenters. The van der Waals surface area contributed by atoms with Crippen LogP contribution in [0.25, 0.3) is 11.1 Å². The average molecular weight is 695 g/mol. The molecule has 0 aliphatic carbocycles. The molecule has 0 saturated heterocycles. The van der Waals surface area contributed by atoms with Gasteiger partial charge >= 0.3 is 0 Å². The molecule has 1 heterocycles. The number of likely N-dealkylation sites (N-methyl/N-ethyl adjacent to an activating group) is 1. The van der Waals surface area contributed by atoms with Crippen molar-refractivity contribution < 1.29 is 28.7 Å². The van der Waals surface area contributed by atoms with Gasteiger partial charge in [-0.05, 0) is 62.1 Å². The number of nitrogens with zero attached hydrogens (tertiary/aromatic N) is 1. The number of amides is 4. The second kappa shape index (κ2) is 21.1. The summed E-state index contributed by atoms with van der Waals surface area (Å²) < 4.78 is 12.1. The summed E-state index contributed by atoms with van der Waals surface area (Å²) in [6, 6.07) is 8.78. The first-order valence-corrected chi connectivity index (χ1v) is 18.2. The Morgan fingerprint density at radius 2 is 1.44 bits per heavy atom. The van der Waals surface area contributed by atoms with Gasteiger partial charge in [-0.3, -0.25) is 19.2 Å². The summed E-state index contributed by atoms with van der Waals surface area (Å²) in [5, 5.41) is 8.50. The molecular weight excluding hydrogens is 636 g/mol. The van der Waals surface area contributed by atoms with Crippen LogP contribution in [0.2, 0.25) is 0 Å². The van der Waals surface area contributed by atoms with Crippen molar-refractivity contribution in [3.05, 3.63) is 47.5 Å². The number of benzene rings is 2. The molecule has 4 bridgehead atoms. The molecule has 3 rings (SSSR count). The van der Waals surface area contributed by atoms with E-state index < -0.39 is 23.9 Å². The maximum Gasteiger partial charge on any atom is 0.248 e. The predicted octanol–water partition coefficient (Wildman–Crippen LogP) is 3.74. The minimum atomic E-state index is -1.14. The van der Waals surface area contributed by atoms with Crippen molar-refractivity contribution in [2.24, 2.45) is 11.5 Å². The quantitative estimate of drug-likeness (QED) is 0.147. The van der Waals surface area contributed by atoms with E-state index in [9.17, 15) is 19.2 Å². The Balaban J connectivity index is 1.92. The van der Waals surface area contributed by atoms with E-state index in [1.807, 2.05) is 25.1 Å². The van der Waals surface area contributed by atoms with Gasteiger partial charge in [0.2, 0.25) is 23.6 Å². The molecule has 2 unspecified atom stereocenters. The molecule has 4 amide bonds. The lowest BCUT2D eigenvalue weighted by Crippen LogP contribution is -2.52. The van der Waals surface area contributed by atoms with Crippen molar-refractivity contribution in [2.45, 2.75) is 103 Å². The van der Waals surface area contributed by atoms with Crippen molar-refractivity contribution in [1.29, 1.82) is 0 Å². The van der Waals surface area contributed by atoms with E-state index >= 15 is 0 Å². The van der Waals surface area contributed by atoms with Crippen LogP contribution in [-0.2, 0) is 25.6 Å². The Labute approximate surface area is 297 Å². The summed E-state index contributed by atoms with van der Waals surface area (Å²) in [5.41, 5.74) is 14.3. The number of hydrogen-bond acceptors (Lipinski definition) is 8. The summed E-state index contributed by atoms with van der Waals surface area (Å²) in [6.45, 7) is 6.56. The molecule has 276 valence electrons. The van der Waals surface area contributed by atoms with E-state index in [0.29, 0.717) is 54.1 Å². The highest BCUT2D eigenvalue weighted by molar-refractivity contribution is 5.94. The predicted molar refractivity (Wildman–Crippen MR) is 196 cm³/mol. The molecule has 7 N–H and O–H groups in total. The number of ether oxygens (including phenoxy) is 2. The van der Waals surface area contributed by atoms with Gasteiger partial charge in [0.05, 0.1) is 6.54 Å². The second-order valence-corrected chi connectivity index (χ2v) is 13.1. The molecule has 12 nitrogen and oxygen atoms in total. The Kier molecular flexibility index (Phi) is 17.0. The van der Waals surface area contributed by atoms with Crippen LogP contribution in [0, 0.1) is 0 Å². The van der Waals surface area contributed by atoms with Gasteiger partial charge in [0, 0.05) is 43.7 Å². The molecule has 0 aromatic heterocycles. The lowest BCUT2D eigenvalue weighted by Gasteiger charge is -2.30. The summed E-state index contributed by atoms with van der Waals surface area (Å²) >= 11 is 0. The number of unbranched alkanes of at least 4 members (excludes halogenated alkanes) is 7. The van der Waals surface area contributed by atoms with Crippen LogP contribution in [0.1, 0.15) is 95.7 Å². The third-order valence-electron chi connectivity index (χ3n) is 8.81. The number of fused-ring (bicyclic) bond motifs is 5. The summed E-state index contributed by atoms with van der Waals surface area (Å²) in [6.07, 6.45) is 9.80. The van der Waals surface area contributed by atoms with E-state index in [4.69, 9.17) is 20.9 Å². The van der Waals surface area contributed by atoms with Gasteiger partial charge in [-0.1, -0.05) is 64.0 Å². The maximum absolute atomic E-state index is 14.0. The van der Waals surface area contributed by atoms with Gasteiger partial charge in [-0.15, -0.1) is 0 Å². The Hall–Kier alpha value is -4.16. The van der Waals surface area contributed by atoms with E-state index in [1.54, 1.807) is 25.1 Å². The zero-order valence-corrected chi connectivity index (χ0v) is 30.4. The summed E-state index contributed by atoms with van der Waals surface area (Å²) in [5.74, 6) is -0.471. The van der Waals surface area contributed by atoms with Crippen LogP contribution in [-0.4, -0.2) is 80.5 Å². The van der Waals surface area contributed by atoms with E-state index in [-0.39, 0.29) is 37.6 Å².